The molecule has 0 aliphatic carbocycles. The van der Waals surface area contributed by atoms with Crippen LogP contribution in [0.5, 0.6) is 0 Å². The van der Waals surface area contributed by atoms with Crippen molar-refractivity contribution in [3.8, 4) is 6.07 Å². The predicted octanol–water partition coefficient (Wildman–Crippen LogP) is 2.30. The van der Waals surface area contributed by atoms with E-state index in [0.29, 0.717) is 0 Å². The number of carbonyl (C=O) groups excluding carboxylic acids is 1. The van der Waals surface area contributed by atoms with E-state index < -0.39 is 20.9 Å². The lowest BCUT2D eigenvalue weighted by Crippen LogP contribution is -2.14. The lowest BCUT2D eigenvalue weighted by atomic mass is 10.2. The quantitative estimate of drug-likeness (QED) is 0.223. The first-order valence-corrected chi connectivity index (χ1v) is 8.65. The Morgan fingerprint density at radius 1 is 1.19 bits per heavy atom. The molecule has 1 amide bonds. The normalized spacial score (nSPS) is 11.3. The Morgan fingerprint density at radius 3 is 2.48 bits per heavy atom. The predicted molar refractivity (Wildman–Crippen MR) is 95.3 cm³/mol. The van der Waals surface area contributed by atoms with E-state index in [1.807, 2.05) is 0 Å². The molecule has 0 fully saturated rings. The number of amides is 1. The summed E-state index contributed by atoms with van der Waals surface area (Å²) in [5.74, 6) is -0.823. The van der Waals surface area contributed by atoms with Gasteiger partial charge in [-0.15, -0.1) is 0 Å². The summed E-state index contributed by atoms with van der Waals surface area (Å²) in [5, 5.41) is 24.8. The first kappa shape index (κ1) is 19.6. The molecule has 138 valence electrons. The van der Waals surface area contributed by atoms with Crippen molar-refractivity contribution in [2.45, 2.75) is 4.90 Å². The average molecular weight is 388 g/mol. The van der Waals surface area contributed by atoms with Crippen molar-refractivity contribution in [3.05, 3.63) is 70.4 Å². The number of nitrogens with zero attached hydrogens (tertiary/aromatic N) is 2. The summed E-state index contributed by atoms with van der Waals surface area (Å²) in [6, 6.07) is 11.9. The van der Waals surface area contributed by atoms with Gasteiger partial charge >= 0.3 is 0 Å². The molecule has 2 aromatic rings. The number of nitriles is 1. The summed E-state index contributed by atoms with van der Waals surface area (Å²) in [7, 11) is -4.40. The molecule has 0 heterocycles. The minimum absolute atomic E-state index is 0.128. The van der Waals surface area contributed by atoms with Crippen LogP contribution >= 0.6 is 0 Å². The third kappa shape index (κ3) is 5.36. The highest BCUT2D eigenvalue weighted by Gasteiger charge is 2.13. The van der Waals surface area contributed by atoms with E-state index in [1.165, 1.54) is 36.4 Å². The van der Waals surface area contributed by atoms with Crippen molar-refractivity contribution in [2.24, 2.45) is 0 Å². The summed E-state index contributed by atoms with van der Waals surface area (Å²) in [4.78, 5) is 21.9. The van der Waals surface area contributed by atoms with Crippen LogP contribution in [0.1, 0.15) is 0 Å². The smallest absolute Gasteiger partial charge is 0.294 e. The average Bonchev–Trinajstić information content (AvgIpc) is 2.62. The van der Waals surface area contributed by atoms with Gasteiger partial charge in [0, 0.05) is 29.7 Å². The fourth-order valence-electron chi connectivity index (χ4n) is 1.95. The van der Waals surface area contributed by atoms with E-state index in [2.05, 4.69) is 10.6 Å². The minimum atomic E-state index is -4.40. The second-order valence-electron chi connectivity index (χ2n) is 5.08. The van der Waals surface area contributed by atoms with Gasteiger partial charge in [0.05, 0.1) is 9.82 Å². The molecule has 0 aromatic heterocycles. The molecule has 0 bridgehead atoms. The van der Waals surface area contributed by atoms with Gasteiger partial charge in [-0.05, 0) is 24.3 Å². The number of nitro benzene ring substituents is 1. The van der Waals surface area contributed by atoms with Gasteiger partial charge in [0.25, 0.3) is 21.7 Å². The first-order valence-electron chi connectivity index (χ1n) is 7.21. The van der Waals surface area contributed by atoms with Crippen LogP contribution in [-0.4, -0.2) is 23.8 Å². The molecule has 0 radical (unpaired) electrons. The number of benzene rings is 2. The summed E-state index contributed by atoms with van der Waals surface area (Å²) < 4.78 is 31.2. The molecule has 10 nitrogen and oxygen atoms in total. The molecule has 3 N–H and O–H groups in total. The Kier molecular flexibility index (Phi) is 5.86. The Bertz CT molecular complexity index is 1070. The van der Waals surface area contributed by atoms with Gasteiger partial charge in [-0.1, -0.05) is 12.1 Å². The van der Waals surface area contributed by atoms with Crippen LogP contribution in [-0.2, 0) is 14.9 Å². The Balaban J connectivity index is 2.17. The van der Waals surface area contributed by atoms with Gasteiger partial charge in [0.1, 0.15) is 11.6 Å². The van der Waals surface area contributed by atoms with Crippen molar-refractivity contribution >= 4 is 33.1 Å². The molecule has 2 aromatic carbocycles. The molecular weight excluding hydrogens is 376 g/mol. The third-order valence-electron chi connectivity index (χ3n) is 3.19. The van der Waals surface area contributed by atoms with Gasteiger partial charge in [0.2, 0.25) is 0 Å². The Morgan fingerprint density at radius 2 is 1.85 bits per heavy atom. The molecule has 0 saturated heterocycles. The monoisotopic (exact) mass is 388 g/mol. The number of rotatable bonds is 6. The van der Waals surface area contributed by atoms with Crippen LogP contribution in [0.4, 0.5) is 17.1 Å². The van der Waals surface area contributed by atoms with Crippen molar-refractivity contribution in [1.29, 1.82) is 5.26 Å². The SMILES string of the molecule is N#C/C(=C/Nc1cccc(S(=O)(=O)O)c1)C(=O)Nc1cccc([N+](=O)[O-])c1. The lowest BCUT2D eigenvalue weighted by Gasteiger charge is -2.06. The van der Waals surface area contributed by atoms with Crippen molar-refractivity contribution < 1.29 is 22.7 Å². The van der Waals surface area contributed by atoms with Gasteiger partial charge in [-0.25, -0.2) is 0 Å². The molecule has 0 atom stereocenters. The highest BCUT2D eigenvalue weighted by molar-refractivity contribution is 7.85. The number of nitro groups is 1. The number of hydrogen-bond donors (Lipinski definition) is 3. The zero-order valence-corrected chi connectivity index (χ0v) is 14.3. The zero-order chi connectivity index (χ0) is 20.0. The summed E-state index contributed by atoms with van der Waals surface area (Å²) in [5.41, 5.74) is -0.251. The molecule has 11 heteroatoms. The zero-order valence-electron chi connectivity index (χ0n) is 13.5. The summed E-state index contributed by atoms with van der Waals surface area (Å²) in [6.07, 6.45) is 1.04. The number of anilines is 2. The van der Waals surface area contributed by atoms with E-state index in [4.69, 9.17) is 9.81 Å². The number of carbonyl (C=O) groups is 1. The maximum Gasteiger partial charge on any atom is 0.294 e. The van der Waals surface area contributed by atoms with Gasteiger partial charge < -0.3 is 10.6 Å². The lowest BCUT2D eigenvalue weighted by molar-refractivity contribution is -0.384. The molecule has 0 aliphatic rings. The standard InChI is InChI=1S/C16H12N4O6S/c17-9-11(10-18-12-3-2-6-15(8-12)27(24,25)26)16(21)19-13-4-1-5-14(7-13)20(22)23/h1-8,10,18H,(H,19,21)(H,24,25,26)/b11-10-. The van der Waals surface area contributed by atoms with Crippen molar-refractivity contribution in [1.82, 2.24) is 0 Å². The number of hydrogen-bond acceptors (Lipinski definition) is 7. The molecule has 0 aliphatic heterocycles. The fraction of sp³-hybridized carbons (Fsp3) is 0. The highest BCUT2D eigenvalue weighted by atomic mass is 32.2. The van der Waals surface area contributed by atoms with Crippen LogP contribution in [0.15, 0.2) is 65.2 Å². The van der Waals surface area contributed by atoms with Gasteiger partial charge in [-0.3, -0.25) is 19.5 Å². The maximum absolute atomic E-state index is 12.1. The highest BCUT2D eigenvalue weighted by Crippen LogP contribution is 2.18. The topological polar surface area (TPSA) is 162 Å². The van der Waals surface area contributed by atoms with Gasteiger partial charge in [-0.2, -0.15) is 13.7 Å². The second kappa shape index (κ2) is 8.09. The fourth-order valence-corrected chi connectivity index (χ4v) is 2.47. The second-order valence-corrected chi connectivity index (χ2v) is 6.50. The van der Waals surface area contributed by atoms with E-state index in [0.717, 1.165) is 18.3 Å². The number of nitrogens with one attached hydrogen (secondary N) is 2. The first-order chi connectivity index (χ1) is 12.7. The number of non-ortho nitro benzene ring substituents is 1. The van der Waals surface area contributed by atoms with Crippen LogP contribution < -0.4 is 10.6 Å². The van der Waals surface area contributed by atoms with Crippen molar-refractivity contribution in [3.63, 3.8) is 0 Å². The van der Waals surface area contributed by atoms with Crippen LogP contribution in [0, 0.1) is 21.4 Å². The molecule has 0 unspecified atom stereocenters. The van der Waals surface area contributed by atoms with Gasteiger partial charge in [0.15, 0.2) is 0 Å². The molecule has 0 saturated carbocycles. The van der Waals surface area contributed by atoms with Crippen LogP contribution in [0.25, 0.3) is 0 Å². The van der Waals surface area contributed by atoms with E-state index in [9.17, 15) is 23.3 Å². The van der Waals surface area contributed by atoms with Crippen LogP contribution in [0.2, 0.25) is 0 Å². The molecular formula is C16H12N4O6S. The van der Waals surface area contributed by atoms with Crippen molar-refractivity contribution in [2.75, 3.05) is 10.6 Å². The van der Waals surface area contributed by atoms with Crippen LogP contribution in [0.3, 0.4) is 0 Å². The van der Waals surface area contributed by atoms with E-state index in [-0.39, 0.29) is 27.5 Å². The summed E-state index contributed by atoms with van der Waals surface area (Å²) in [6.45, 7) is 0. The molecule has 27 heavy (non-hydrogen) atoms. The van der Waals surface area contributed by atoms with E-state index >= 15 is 0 Å². The maximum atomic E-state index is 12.1. The van der Waals surface area contributed by atoms with E-state index in [1.54, 1.807) is 6.07 Å². The summed E-state index contributed by atoms with van der Waals surface area (Å²) >= 11 is 0. The largest absolute Gasteiger partial charge is 0.360 e. The minimum Gasteiger partial charge on any atom is -0.360 e. The molecule has 0 spiro atoms. The third-order valence-corrected chi connectivity index (χ3v) is 4.04. The Hall–Kier alpha value is -3.75. The molecule has 2 rings (SSSR count). The Labute approximate surface area is 153 Å².